The van der Waals surface area contributed by atoms with Gasteiger partial charge in [0.15, 0.2) is 0 Å². The molecule has 2 amide bonds. The second-order valence-corrected chi connectivity index (χ2v) is 5.70. The van der Waals surface area contributed by atoms with Crippen molar-refractivity contribution in [3.63, 3.8) is 0 Å². The Hall–Kier alpha value is -1.75. The number of rotatable bonds is 3. The van der Waals surface area contributed by atoms with E-state index in [0.717, 1.165) is 32.4 Å². The van der Waals surface area contributed by atoms with Crippen molar-refractivity contribution in [3.05, 3.63) is 28.8 Å². The van der Waals surface area contributed by atoms with Crippen molar-refractivity contribution >= 4 is 29.3 Å². The molecule has 114 valence electrons. The van der Waals surface area contributed by atoms with Crippen LogP contribution in [0, 0.1) is 5.92 Å². The van der Waals surface area contributed by atoms with Gasteiger partial charge in [-0.3, -0.25) is 0 Å². The van der Waals surface area contributed by atoms with Crippen molar-refractivity contribution in [2.24, 2.45) is 5.92 Å². The number of carboxylic acid groups (broad SMARTS) is 1. The number of halogens is 1. The molecule has 1 fully saturated rings. The molecule has 1 aliphatic heterocycles. The zero-order chi connectivity index (χ0) is 15.4. The Labute approximate surface area is 128 Å². The third kappa shape index (κ3) is 3.88. The molecule has 1 heterocycles. The molecule has 0 saturated carbocycles. The molecule has 21 heavy (non-hydrogen) atoms. The van der Waals surface area contributed by atoms with Gasteiger partial charge < -0.3 is 15.3 Å². The topological polar surface area (TPSA) is 69.6 Å². The predicted molar refractivity (Wildman–Crippen MR) is 82.0 cm³/mol. The Kier molecular flexibility index (Phi) is 5.07. The van der Waals surface area contributed by atoms with Crippen molar-refractivity contribution in [3.8, 4) is 0 Å². The molecule has 2 N–H and O–H groups in total. The van der Waals surface area contributed by atoms with E-state index in [1.54, 1.807) is 11.0 Å². The predicted octanol–water partition coefficient (Wildman–Crippen LogP) is 3.69. The van der Waals surface area contributed by atoms with Crippen molar-refractivity contribution < 1.29 is 14.7 Å². The minimum Gasteiger partial charge on any atom is -0.478 e. The molecule has 1 aromatic rings. The van der Waals surface area contributed by atoms with Gasteiger partial charge in [-0.15, -0.1) is 0 Å². The Morgan fingerprint density at radius 2 is 2.24 bits per heavy atom. The summed E-state index contributed by atoms with van der Waals surface area (Å²) >= 11 is 5.81. The molecule has 0 aromatic heterocycles. The fourth-order valence-electron chi connectivity index (χ4n) is 2.55. The molecule has 0 spiro atoms. The van der Waals surface area contributed by atoms with Gasteiger partial charge in [0.05, 0.1) is 10.6 Å². The van der Waals surface area contributed by atoms with Crippen LogP contribution >= 0.6 is 11.6 Å². The number of benzene rings is 1. The van der Waals surface area contributed by atoms with Crippen LogP contribution in [-0.2, 0) is 0 Å². The quantitative estimate of drug-likeness (QED) is 0.894. The summed E-state index contributed by atoms with van der Waals surface area (Å²) in [6, 6.07) is 4.27. The molecule has 5 nitrogen and oxygen atoms in total. The minimum absolute atomic E-state index is 0.0143. The Morgan fingerprint density at radius 3 is 2.90 bits per heavy atom. The van der Waals surface area contributed by atoms with Crippen LogP contribution in [0.2, 0.25) is 5.02 Å². The Balaban J connectivity index is 2.05. The molecule has 1 aromatic carbocycles. The summed E-state index contributed by atoms with van der Waals surface area (Å²) in [7, 11) is 0. The van der Waals surface area contributed by atoms with Crippen LogP contribution in [0.5, 0.6) is 0 Å². The SMILES string of the molecule is CCC1CCCN(C(=O)Nc2ccc(Cl)c(C(=O)O)c2)C1. The first-order valence-electron chi connectivity index (χ1n) is 7.10. The lowest BCUT2D eigenvalue weighted by Gasteiger charge is -2.32. The molecule has 0 radical (unpaired) electrons. The van der Waals surface area contributed by atoms with Crippen molar-refractivity contribution in [1.29, 1.82) is 0 Å². The maximum absolute atomic E-state index is 12.2. The third-order valence-corrected chi connectivity index (χ3v) is 4.16. The summed E-state index contributed by atoms with van der Waals surface area (Å²) in [6.45, 7) is 3.62. The number of nitrogens with zero attached hydrogens (tertiary/aromatic N) is 1. The maximum atomic E-state index is 12.2. The number of nitrogens with one attached hydrogen (secondary N) is 1. The first-order chi connectivity index (χ1) is 10.0. The molecule has 2 rings (SSSR count). The number of amides is 2. The van der Waals surface area contributed by atoms with Crippen LogP contribution < -0.4 is 5.32 Å². The highest BCUT2D eigenvalue weighted by atomic mass is 35.5. The molecule has 0 aliphatic carbocycles. The number of likely N-dealkylation sites (tertiary alicyclic amines) is 1. The van der Waals surface area contributed by atoms with E-state index in [1.165, 1.54) is 12.1 Å². The molecule has 6 heteroatoms. The zero-order valence-electron chi connectivity index (χ0n) is 11.9. The Bertz CT molecular complexity index is 548. The number of aromatic carboxylic acids is 1. The fraction of sp³-hybridized carbons (Fsp3) is 0.467. The number of urea groups is 1. The van der Waals surface area contributed by atoms with Gasteiger partial charge in [-0.2, -0.15) is 0 Å². The second kappa shape index (κ2) is 6.80. The van der Waals surface area contributed by atoms with Crippen molar-refractivity contribution in [1.82, 2.24) is 4.90 Å². The summed E-state index contributed by atoms with van der Waals surface area (Å²) in [6.07, 6.45) is 3.23. The number of anilines is 1. The van der Waals surface area contributed by atoms with E-state index in [2.05, 4.69) is 12.2 Å². The molecule has 1 atom stereocenters. The van der Waals surface area contributed by atoms with Crippen LogP contribution in [0.3, 0.4) is 0 Å². The van der Waals surface area contributed by atoms with Crippen LogP contribution in [0.15, 0.2) is 18.2 Å². The number of piperidine rings is 1. The van der Waals surface area contributed by atoms with Gasteiger partial charge in [0.2, 0.25) is 0 Å². The van der Waals surface area contributed by atoms with Crippen LogP contribution in [-0.4, -0.2) is 35.1 Å². The summed E-state index contributed by atoms with van der Waals surface area (Å²) in [5.41, 5.74) is 0.431. The molecular formula is C15H19ClN2O3. The lowest BCUT2D eigenvalue weighted by Crippen LogP contribution is -2.42. The summed E-state index contributed by atoms with van der Waals surface area (Å²) in [5, 5.41) is 11.9. The first kappa shape index (κ1) is 15.6. The first-order valence-corrected chi connectivity index (χ1v) is 7.47. The summed E-state index contributed by atoms with van der Waals surface area (Å²) in [4.78, 5) is 25.0. The van der Waals surface area contributed by atoms with Crippen LogP contribution in [0.1, 0.15) is 36.5 Å². The number of carbonyl (C=O) groups excluding carboxylic acids is 1. The van der Waals surface area contributed by atoms with Crippen molar-refractivity contribution in [2.75, 3.05) is 18.4 Å². The van der Waals surface area contributed by atoms with Gasteiger partial charge in [0.1, 0.15) is 0 Å². The van der Waals surface area contributed by atoms with E-state index in [-0.39, 0.29) is 16.6 Å². The number of carbonyl (C=O) groups is 2. The van der Waals surface area contributed by atoms with Gasteiger partial charge in [0, 0.05) is 18.8 Å². The maximum Gasteiger partial charge on any atom is 0.337 e. The highest BCUT2D eigenvalue weighted by Gasteiger charge is 2.22. The fourth-order valence-corrected chi connectivity index (χ4v) is 2.75. The zero-order valence-corrected chi connectivity index (χ0v) is 12.7. The monoisotopic (exact) mass is 310 g/mol. The standard InChI is InChI=1S/C15H19ClN2O3/c1-2-10-4-3-7-18(9-10)15(21)17-11-5-6-13(16)12(8-11)14(19)20/h5-6,8,10H,2-4,7,9H2,1H3,(H,17,21)(H,19,20). The number of hydrogen-bond donors (Lipinski definition) is 2. The second-order valence-electron chi connectivity index (χ2n) is 5.29. The largest absolute Gasteiger partial charge is 0.478 e. The van der Waals surface area contributed by atoms with E-state index in [9.17, 15) is 9.59 Å². The molecule has 1 unspecified atom stereocenters. The van der Waals surface area contributed by atoms with Crippen LogP contribution in [0.25, 0.3) is 0 Å². The molecule has 1 aliphatic rings. The molecular weight excluding hydrogens is 292 g/mol. The van der Waals surface area contributed by atoms with E-state index in [0.29, 0.717) is 11.6 Å². The van der Waals surface area contributed by atoms with E-state index < -0.39 is 5.97 Å². The summed E-state index contributed by atoms with van der Waals surface area (Å²) < 4.78 is 0. The average Bonchev–Trinajstić information content (AvgIpc) is 2.49. The van der Waals surface area contributed by atoms with Gasteiger partial charge in [-0.05, 0) is 37.0 Å². The molecule has 1 saturated heterocycles. The summed E-state index contributed by atoms with van der Waals surface area (Å²) in [5.74, 6) is -0.565. The normalized spacial score (nSPS) is 18.4. The van der Waals surface area contributed by atoms with Gasteiger partial charge in [-0.25, -0.2) is 9.59 Å². The minimum atomic E-state index is -1.11. The highest BCUT2D eigenvalue weighted by Crippen LogP contribution is 2.23. The van der Waals surface area contributed by atoms with Crippen LogP contribution in [0.4, 0.5) is 10.5 Å². The van der Waals surface area contributed by atoms with Gasteiger partial charge in [-0.1, -0.05) is 24.9 Å². The average molecular weight is 311 g/mol. The highest BCUT2D eigenvalue weighted by molar-refractivity contribution is 6.33. The smallest absolute Gasteiger partial charge is 0.337 e. The molecule has 0 bridgehead atoms. The van der Waals surface area contributed by atoms with Gasteiger partial charge >= 0.3 is 12.0 Å². The third-order valence-electron chi connectivity index (χ3n) is 3.83. The lowest BCUT2D eigenvalue weighted by atomic mass is 9.96. The van der Waals surface area contributed by atoms with E-state index in [1.807, 2.05) is 0 Å². The van der Waals surface area contributed by atoms with Gasteiger partial charge in [0.25, 0.3) is 0 Å². The lowest BCUT2D eigenvalue weighted by molar-refractivity contribution is 0.0697. The number of hydrogen-bond acceptors (Lipinski definition) is 2. The Morgan fingerprint density at radius 1 is 1.48 bits per heavy atom. The van der Waals surface area contributed by atoms with E-state index in [4.69, 9.17) is 16.7 Å². The number of carboxylic acids is 1. The van der Waals surface area contributed by atoms with Crippen molar-refractivity contribution in [2.45, 2.75) is 26.2 Å². The van der Waals surface area contributed by atoms with E-state index >= 15 is 0 Å².